The van der Waals surface area contributed by atoms with E-state index >= 15 is 0 Å². The summed E-state index contributed by atoms with van der Waals surface area (Å²) in [5.74, 6) is 0.495. The summed E-state index contributed by atoms with van der Waals surface area (Å²) < 4.78 is 5.57. The monoisotopic (exact) mass is 386 g/mol. The quantitative estimate of drug-likeness (QED) is 0.729. The summed E-state index contributed by atoms with van der Waals surface area (Å²) in [6, 6.07) is 14.5. The number of rotatable bonds is 8. The molecule has 1 amide bonds. The van der Waals surface area contributed by atoms with Crippen LogP contribution in [0.1, 0.15) is 43.4 Å². The zero-order valence-corrected chi connectivity index (χ0v) is 17.1. The molecule has 1 N–H and O–H groups in total. The number of nitrogens with one attached hydrogen (secondary N) is 1. The van der Waals surface area contributed by atoms with E-state index in [-0.39, 0.29) is 11.4 Å². The molecule has 0 unspecified atom stereocenters. The minimum atomic E-state index is -0.188. The molecular formula is C22H30N2O2S. The van der Waals surface area contributed by atoms with E-state index in [4.69, 9.17) is 4.74 Å². The fourth-order valence-electron chi connectivity index (χ4n) is 4.25. The molecule has 1 atom stereocenters. The lowest BCUT2D eigenvalue weighted by atomic mass is 9.77. The SMILES string of the molecule is CCC(=O)N(c1ccccc1)C1(C[C@@H](COC)c2cccs2)CCNCC1. The Kier molecular flexibility index (Phi) is 7.05. The predicted molar refractivity (Wildman–Crippen MR) is 113 cm³/mol. The van der Waals surface area contributed by atoms with Gasteiger partial charge < -0.3 is 15.0 Å². The number of benzene rings is 1. The Hall–Kier alpha value is -1.69. The van der Waals surface area contributed by atoms with Crippen LogP contribution in [-0.2, 0) is 9.53 Å². The van der Waals surface area contributed by atoms with Gasteiger partial charge in [0, 0.05) is 30.0 Å². The third kappa shape index (κ3) is 4.60. The summed E-state index contributed by atoms with van der Waals surface area (Å²) in [4.78, 5) is 16.6. The molecule has 27 heavy (non-hydrogen) atoms. The van der Waals surface area contributed by atoms with Crippen LogP contribution in [-0.4, -0.2) is 38.3 Å². The average Bonchev–Trinajstić information content (AvgIpc) is 3.24. The third-order valence-corrected chi connectivity index (χ3v) is 6.55. The van der Waals surface area contributed by atoms with Gasteiger partial charge in [0.1, 0.15) is 0 Å². The molecule has 0 radical (unpaired) electrons. The van der Waals surface area contributed by atoms with Crippen molar-refractivity contribution in [3.63, 3.8) is 0 Å². The van der Waals surface area contributed by atoms with Gasteiger partial charge in [-0.05, 0) is 55.9 Å². The highest BCUT2D eigenvalue weighted by atomic mass is 32.1. The van der Waals surface area contributed by atoms with Crippen molar-refractivity contribution in [3.05, 3.63) is 52.7 Å². The lowest BCUT2D eigenvalue weighted by Crippen LogP contribution is -2.58. The van der Waals surface area contributed by atoms with Crippen molar-refractivity contribution >= 4 is 22.9 Å². The van der Waals surface area contributed by atoms with Crippen LogP contribution in [0.3, 0.4) is 0 Å². The third-order valence-electron chi connectivity index (χ3n) is 5.51. The van der Waals surface area contributed by atoms with Crippen molar-refractivity contribution in [1.29, 1.82) is 0 Å². The first-order valence-electron chi connectivity index (χ1n) is 9.81. The number of carbonyl (C=O) groups is 1. The van der Waals surface area contributed by atoms with E-state index in [1.165, 1.54) is 4.88 Å². The summed E-state index contributed by atoms with van der Waals surface area (Å²) in [6.45, 7) is 4.51. The molecular weight excluding hydrogens is 356 g/mol. The van der Waals surface area contributed by atoms with Gasteiger partial charge in [-0.1, -0.05) is 31.2 Å². The van der Waals surface area contributed by atoms with Gasteiger partial charge in [-0.2, -0.15) is 0 Å². The van der Waals surface area contributed by atoms with Crippen molar-refractivity contribution in [2.75, 3.05) is 31.7 Å². The van der Waals surface area contributed by atoms with Gasteiger partial charge in [0.2, 0.25) is 5.91 Å². The smallest absolute Gasteiger partial charge is 0.227 e. The molecule has 4 nitrogen and oxygen atoms in total. The molecule has 2 aromatic rings. The average molecular weight is 387 g/mol. The van der Waals surface area contributed by atoms with Crippen LogP contribution in [0.4, 0.5) is 5.69 Å². The predicted octanol–water partition coefficient (Wildman–Crippen LogP) is 4.43. The van der Waals surface area contributed by atoms with Crippen molar-refractivity contribution in [2.24, 2.45) is 0 Å². The second-order valence-electron chi connectivity index (χ2n) is 7.26. The topological polar surface area (TPSA) is 41.6 Å². The summed E-state index contributed by atoms with van der Waals surface area (Å²) in [6.07, 6.45) is 3.35. The number of hydrogen-bond donors (Lipinski definition) is 1. The van der Waals surface area contributed by atoms with Gasteiger partial charge in [0.25, 0.3) is 0 Å². The van der Waals surface area contributed by atoms with Gasteiger partial charge in [-0.3, -0.25) is 4.79 Å². The number of nitrogens with zero attached hydrogens (tertiary/aromatic N) is 1. The standard InChI is InChI=1S/C22H30N2O2S/c1-3-21(25)24(19-8-5-4-6-9-19)22(11-13-23-14-12-22)16-18(17-26-2)20-10-7-15-27-20/h4-10,15,18,23H,3,11-14,16-17H2,1-2H3/t18-/m0/s1. The van der Waals surface area contributed by atoms with Gasteiger partial charge in [0.15, 0.2) is 0 Å². The molecule has 1 fully saturated rings. The molecule has 5 heteroatoms. The van der Waals surface area contributed by atoms with Gasteiger partial charge in [-0.15, -0.1) is 11.3 Å². The van der Waals surface area contributed by atoms with Crippen molar-refractivity contribution in [1.82, 2.24) is 5.32 Å². The first-order valence-corrected chi connectivity index (χ1v) is 10.7. The van der Waals surface area contributed by atoms with Crippen LogP contribution >= 0.6 is 11.3 Å². The minimum Gasteiger partial charge on any atom is -0.384 e. The van der Waals surface area contributed by atoms with Crippen LogP contribution in [0.2, 0.25) is 0 Å². The number of anilines is 1. The fourth-order valence-corrected chi connectivity index (χ4v) is 5.07. The van der Waals surface area contributed by atoms with Gasteiger partial charge in [0.05, 0.1) is 12.1 Å². The molecule has 1 aromatic heterocycles. The summed E-state index contributed by atoms with van der Waals surface area (Å²) in [7, 11) is 1.77. The molecule has 1 aliphatic rings. The van der Waals surface area contributed by atoms with Gasteiger partial charge >= 0.3 is 0 Å². The maximum absolute atomic E-state index is 13.1. The lowest BCUT2D eigenvalue weighted by molar-refractivity contribution is -0.120. The van der Waals surface area contributed by atoms with Crippen LogP contribution in [0.15, 0.2) is 47.8 Å². The number of ether oxygens (including phenoxy) is 1. The first-order chi connectivity index (χ1) is 13.2. The van der Waals surface area contributed by atoms with E-state index in [9.17, 15) is 4.79 Å². The molecule has 0 aliphatic carbocycles. The molecule has 1 aromatic carbocycles. The number of hydrogen-bond acceptors (Lipinski definition) is 4. The molecule has 146 valence electrons. The largest absolute Gasteiger partial charge is 0.384 e. The zero-order chi connectivity index (χ0) is 19.1. The Balaban J connectivity index is 2.00. The zero-order valence-electron chi connectivity index (χ0n) is 16.3. The number of amides is 1. The van der Waals surface area contributed by atoms with Gasteiger partial charge in [-0.25, -0.2) is 0 Å². The van der Waals surface area contributed by atoms with Crippen molar-refractivity contribution in [3.8, 4) is 0 Å². The Morgan fingerprint density at radius 2 is 1.96 bits per heavy atom. The molecule has 1 saturated heterocycles. The summed E-state index contributed by atoms with van der Waals surface area (Å²) in [5, 5.41) is 5.60. The second-order valence-corrected chi connectivity index (χ2v) is 8.24. The van der Waals surface area contributed by atoms with Crippen LogP contribution in [0.5, 0.6) is 0 Å². The Morgan fingerprint density at radius 3 is 2.56 bits per heavy atom. The number of thiophene rings is 1. The molecule has 0 spiro atoms. The summed E-state index contributed by atoms with van der Waals surface area (Å²) >= 11 is 1.78. The molecule has 2 heterocycles. The Labute approximate surface area is 166 Å². The van der Waals surface area contributed by atoms with E-state index in [0.29, 0.717) is 18.9 Å². The number of methoxy groups -OCH3 is 1. The number of carbonyl (C=O) groups excluding carboxylic acids is 1. The van der Waals surface area contributed by atoms with E-state index < -0.39 is 0 Å². The summed E-state index contributed by atoms with van der Waals surface area (Å²) in [5.41, 5.74) is 0.820. The normalized spacial score (nSPS) is 17.4. The Morgan fingerprint density at radius 1 is 1.22 bits per heavy atom. The van der Waals surface area contributed by atoms with E-state index in [1.54, 1.807) is 18.4 Å². The van der Waals surface area contributed by atoms with E-state index in [2.05, 4.69) is 39.9 Å². The van der Waals surface area contributed by atoms with Crippen LogP contribution in [0, 0.1) is 0 Å². The highest BCUT2D eigenvalue weighted by Crippen LogP contribution is 2.40. The minimum absolute atomic E-state index is 0.188. The highest BCUT2D eigenvalue weighted by Gasteiger charge is 2.43. The van der Waals surface area contributed by atoms with Crippen molar-refractivity contribution < 1.29 is 9.53 Å². The van der Waals surface area contributed by atoms with Crippen LogP contribution in [0.25, 0.3) is 0 Å². The molecule has 1 aliphatic heterocycles. The Bertz CT molecular complexity index is 696. The van der Waals surface area contributed by atoms with Crippen molar-refractivity contribution in [2.45, 2.75) is 44.1 Å². The first kappa shape index (κ1) is 20.1. The molecule has 0 saturated carbocycles. The number of para-hydroxylation sites is 1. The van der Waals surface area contributed by atoms with E-state index in [0.717, 1.165) is 38.0 Å². The maximum atomic E-state index is 13.1. The number of piperidine rings is 1. The maximum Gasteiger partial charge on any atom is 0.227 e. The molecule has 3 rings (SSSR count). The highest BCUT2D eigenvalue weighted by molar-refractivity contribution is 7.10. The fraction of sp³-hybridized carbons (Fsp3) is 0.500. The van der Waals surface area contributed by atoms with E-state index in [1.807, 2.05) is 25.1 Å². The molecule has 0 bridgehead atoms. The van der Waals surface area contributed by atoms with Crippen LogP contribution < -0.4 is 10.2 Å². The second kappa shape index (κ2) is 9.49. The lowest BCUT2D eigenvalue weighted by Gasteiger charge is -2.48.